The first kappa shape index (κ1) is 18.8. The second-order valence-electron chi connectivity index (χ2n) is 6.67. The Morgan fingerprint density at radius 2 is 1.92 bits per heavy atom. The summed E-state index contributed by atoms with van der Waals surface area (Å²) < 4.78 is 5.54. The molecule has 0 spiro atoms. The lowest BCUT2D eigenvalue weighted by Gasteiger charge is -2.28. The Labute approximate surface area is 152 Å². The third-order valence-corrected chi connectivity index (χ3v) is 4.51. The molecule has 0 aliphatic carbocycles. The molecule has 7 heteroatoms. The average Bonchev–Trinajstić information content (AvgIpc) is 2.86. The molecule has 0 atom stereocenters. The third-order valence-electron chi connectivity index (χ3n) is 3.40. The van der Waals surface area contributed by atoms with Crippen molar-refractivity contribution in [2.45, 2.75) is 39.8 Å². The topological polar surface area (TPSA) is 93.9 Å². The lowest BCUT2D eigenvalue weighted by Crippen LogP contribution is -2.41. The van der Waals surface area contributed by atoms with Crippen molar-refractivity contribution in [3.05, 3.63) is 51.7 Å². The third kappa shape index (κ3) is 4.73. The molecule has 6 nitrogen and oxygen atoms in total. The van der Waals surface area contributed by atoms with E-state index < -0.39 is 11.7 Å². The zero-order valence-electron chi connectivity index (χ0n) is 14.9. The summed E-state index contributed by atoms with van der Waals surface area (Å²) in [5, 5.41) is 5.76. The predicted octanol–water partition coefficient (Wildman–Crippen LogP) is 3.70. The number of carbonyl (C=O) groups is 1. The van der Waals surface area contributed by atoms with Gasteiger partial charge in [-0.15, -0.1) is 11.3 Å². The molecule has 1 amide bonds. The summed E-state index contributed by atoms with van der Waals surface area (Å²) in [5.74, 6) is 5.93. The van der Waals surface area contributed by atoms with Crippen LogP contribution in [0.5, 0.6) is 0 Å². The molecule has 1 aromatic carbocycles. The normalized spacial score (nSPS) is 12.1. The van der Waals surface area contributed by atoms with Gasteiger partial charge in [-0.25, -0.2) is 4.79 Å². The van der Waals surface area contributed by atoms with Crippen LogP contribution in [0.15, 0.2) is 40.8 Å². The summed E-state index contributed by atoms with van der Waals surface area (Å²) >= 11 is 1.40. The number of amides is 1. The van der Waals surface area contributed by atoms with E-state index in [1.165, 1.54) is 16.2 Å². The van der Waals surface area contributed by atoms with Gasteiger partial charge in [0.2, 0.25) is 0 Å². The van der Waals surface area contributed by atoms with Gasteiger partial charge in [0.15, 0.2) is 5.84 Å². The minimum atomic E-state index is -0.636. The highest BCUT2D eigenvalue weighted by Crippen LogP contribution is 2.27. The summed E-state index contributed by atoms with van der Waals surface area (Å²) in [4.78, 5) is 14.9. The van der Waals surface area contributed by atoms with E-state index in [4.69, 9.17) is 16.3 Å². The second kappa shape index (κ2) is 7.57. The molecule has 0 saturated heterocycles. The van der Waals surface area contributed by atoms with Gasteiger partial charge < -0.3 is 16.3 Å². The standard InChI is InChI=1S/C18H24N4O2S/c1-12-11-25-15(14(12)19)16(21-20)22(17(23)24-18(2,3)4)10-13-8-6-5-7-9-13/h5-9,11H,10,19-20H2,1-4H3/b21-16+. The Bertz CT molecular complexity index is 763. The van der Waals surface area contributed by atoms with Crippen LogP contribution in [0.1, 0.15) is 36.8 Å². The van der Waals surface area contributed by atoms with Gasteiger partial charge in [-0.05, 0) is 44.2 Å². The highest BCUT2D eigenvalue weighted by molar-refractivity contribution is 7.13. The molecule has 2 aromatic rings. The fourth-order valence-electron chi connectivity index (χ4n) is 2.19. The van der Waals surface area contributed by atoms with Gasteiger partial charge in [-0.1, -0.05) is 30.3 Å². The number of ether oxygens (including phenoxy) is 1. The van der Waals surface area contributed by atoms with Crippen LogP contribution < -0.4 is 11.6 Å². The van der Waals surface area contributed by atoms with E-state index in [1.54, 1.807) is 0 Å². The van der Waals surface area contributed by atoms with Gasteiger partial charge in [0.1, 0.15) is 5.60 Å². The molecule has 1 aromatic heterocycles. The Balaban J connectivity index is 2.42. The molecule has 4 N–H and O–H groups in total. The number of aryl methyl sites for hydroxylation is 1. The van der Waals surface area contributed by atoms with Gasteiger partial charge in [0.25, 0.3) is 0 Å². The maximum absolute atomic E-state index is 12.8. The van der Waals surface area contributed by atoms with E-state index in [-0.39, 0.29) is 6.54 Å². The van der Waals surface area contributed by atoms with Crippen LogP contribution in [-0.4, -0.2) is 22.4 Å². The summed E-state index contributed by atoms with van der Waals surface area (Å²) in [7, 11) is 0. The minimum Gasteiger partial charge on any atom is -0.443 e. The number of hydrogen-bond donors (Lipinski definition) is 2. The Morgan fingerprint density at radius 3 is 2.40 bits per heavy atom. The SMILES string of the molecule is Cc1csc(/C(=N\N)N(Cc2ccccc2)C(=O)OC(C)(C)C)c1N. The molecule has 0 bridgehead atoms. The number of hydrogen-bond acceptors (Lipinski definition) is 6. The van der Waals surface area contributed by atoms with Gasteiger partial charge in [0.05, 0.1) is 17.1 Å². The summed E-state index contributed by atoms with van der Waals surface area (Å²) in [6.45, 7) is 7.62. The zero-order valence-corrected chi connectivity index (χ0v) is 15.8. The van der Waals surface area contributed by atoms with Crippen molar-refractivity contribution in [1.29, 1.82) is 0 Å². The largest absolute Gasteiger partial charge is 0.443 e. The van der Waals surface area contributed by atoms with Gasteiger partial charge in [-0.3, -0.25) is 4.90 Å². The molecule has 25 heavy (non-hydrogen) atoms. The Hall–Kier alpha value is -2.54. The fraction of sp³-hybridized carbons (Fsp3) is 0.333. The molecule has 134 valence electrons. The summed E-state index contributed by atoms with van der Waals surface area (Å²) in [6, 6.07) is 9.58. The van der Waals surface area contributed by atoms with Crippen molar-refractivity contribution in [2.75, 3.05) is 5.73 Å². The lowest BCUT2D eigenvalue weighted by atomic mass is 10.2. The highest BCUT2D eigenvalue weighted by Gasteiger charge is 2.29. The van der Waals surface area contributed by atoms with E-state index in [0.29, 0.717) is 16.4 Å². The second-order valence-corrected chi connectivity index (χ2v) is 7.55. The highest BCUT2D eigenvalue weighted by atomic mass is 32.1. The summed E-state index contributed by atoms with van der Waals surface area (Å²) in [6.07, 6.45) is -0.522. The molecule has 0 unspecified atom stereocenters. The number of nitrogens with zero attached hydrogens (tertiary/aromatic N) is 2. The lowest BCUT2D eigenvalue weighted by molar-refractivity contribution is 0.0360. The molecule has 0 aliphatic heterocycles. The molecule has 0 aliphatic rings. The number of nitrogen functional groups attached to an aromatic ring is 1. The van der Waals surface area contributed by atoms with Crippen molar-refractivity contribution in [3.63, 3.8) is 0 Å². The number of benzene rings is 1. The number of nitrogens with two attached hydrogens (primary N) is 2. The van der Waals surface area contributed by atoms with E-state index in [9.17, 15) is 4.79 Å². The van der Waals surface area contributed by atoms with Crippen LogP contribution in [0.3, 0.4) is 0 Å². The van der Waals surface area contributed by atoms with Crippen LogP contribution in [0, 0.1) is 6.92 Å². The van der Waals surface area contributed by atoms with Gasteiger partial charge in [-0.2, -0.15) is 5.10 Å². The van der Waals surface area contributed by atoms with Gasteiger partial charge in [0, 0.05) is 0 Å². The first-order valence-corrected chi connectivity index (χ1v) is 8.77. The van der Waals surface area contributed by atoms with E-state index >= 15 is 0 Å². The molecule has 1 heterocycles. The zero-order chi connectivity index (χ0) is 18.6. The molecular formula is C18H24N4O2S. The molecule has 2 rings (SSSR count). The molecule has 0 fully saturated rings. The van der Waals surface area contributed by atoms with Crippen LogP contribution in [-0.2, 0) is 11.3 Å². The van der Waals surface area contributed by atoms with Crippen LogP contribution in [0.25, 0.3) is 0 Å². The molecule has 0 saturated carbocycles. The number of hydrazone groups is 1. The van der Waals surface area contributed by atoms with Crippen LogP contribution in [0.4, 0.5) is 10.5 Å². The predicted molar refractivity (Wildman–Crippen MR) is 102 cm³/mol. The van der Waals surface area contributed by atoms with Crippen molar-refractivity contribution in [2.24, 2.45) is 10.9 Å². The molecular weight excluding hydrogens is 336 g/mol. The Morgan fingerprint density at radius 1 is 1.28 bits per heavy atom. The fourth-order valence-corrected chi connectivity index (χ4v) is 3.16. The number of thiophene rings is 1. The Kier molecular flexibility index (Phi) is 5.69. The monoisotopic (exact) mass is 360 g/mol. The van der Waals surface area contributed by atoms with Crippen molar-refractivity contribution < 1.29 is 9.53 Å². The van der Waals surface area contributed by atoms with Crippen molar-refractivity contribution >= 4 is 29.0 Å². The number of rotatable bonds is 3. The van der Waals surface area contributed by atoms with Gasteiger partial charge >= 0.3 is 6.09 Å². The van der Waals surface area contributed by atoms with Crippen molar-refractivity contribution in [1.82, 2.24) is 4.90 Å². The average molecular weight is 360 g/mol. The smallest absolute Gasteiger partial charge is 0.416 e. The first-order chi connectivity index (χ1) is 11.7. The van der Waals surface area contributed by atoms with E-state index in [0.717, 1.165) is 11.1 Å². The maximum atomic E-state index is 12.8. The number of carbonyl (C=O) groups excluding carboxylic acids is 1. The van der Waals surface area contributed by atoms with Crippen molar-refractivity contribution in [3.8, 4) is 0 Å². The number of anilines is 1. The molecule has 0 radical (unpaired) electrons. The maximum Gasteiger partial charge on any atom is 0.416 e. The minimum absolute atomic E-state index is 0.280. The summed E-state index contributed by atoms with van der Waals surface area (Å²) in [5.41, 5.74) is 7.92. The number of amidine groups is 1. The van der Waals surface area contributed by atoms with E-state index in [2.05, 4.69) is 5.10 Å². The first-order valence-electron chi connectivity index (χ1n) is 7.89. The quantitative estimate of drug-likeness (QED) is 0.378. The van der Waals surface area contributed by atoms with Crippen LogP contribution in [0.2, 0.25) is 0 Å². The van der Waals surface area contributed by atoms with E-state index in [1.807, 2.05) is 63.4 Å². The van der Waals surface area contributed by atoms with Crippen LogP contribution >= 0.6 is 11.3 Å².